The van der Waals surface area contributed by atoms with Crippen molar-refractivity contribution in [2.24, 2.45) is 0 Å². The van der Waals surface area contributed by atoms with Crippen LogP contribution in [-0.2, 0) is 4.79 Å². The third kappa shape index (κ3) is 4.74. The number of carbonyl (C=O) groups excluding carboxylic acids is 1. The summed E-state index contributed by atoms with van der Waals surface area (Å²) in [6, 6.07) is 10.7. The highest BCUT2D eigenvalue weighted by Gasteiger charge is 2.22. The second-order valence-electron chi connectivity index (χ2n) is 7.23. The van der Waals surface area contributed by atoms with E-state index in [1.54, 1.807) is 30.6 Å². The fourth-order valence-corrected chi connectivity index (χ4v) is 4.24. The summed E-state index contributed by atoms with van der Waals surface area (Å²) in [6.07, 6.45) is 3.71. The zero-order valence-electron chi connectivity index (χ0n) is 18.7. The van der Waals surface area contributed by atoms with Crippen LogP contribution in [0.1, 0.15) is 13.3 Å². The van der Waals surface area contributed by atoms with E-state index in [0.29, 0.717) is 34.5 Å². The molecule has 9 nitrogen and oxygen atoms in total. The lowest BCUT2D eigenvalue weighted by Gasteiger charge is -2.15. The maximum atomic E-state index is 13.2. The highest BCUT2D eigenvalue weighted by Crippen LogP contribution is 2.28. The van der Waals surface area contributed by atoms with Crippen LogP contribution < -0.4 is 20.3 Å². The highest BCUT2D eigenvalue weighted by molar-refractivity contribution is 8.00. The molecular weight excluding hydrogens is 461 g/mol. The summed E-state index contributed by atoms with van der Waals surface area (Å²) >= 11 is 1.20. The Bertz CT molecular complexity index is 1360. The van der Waals surface area contributed by atoms with Gasteiger partial charge in [0.15, 0.2) is 5.16 Å². The van der Waals surface area contributed by atoms with Gasteiger partial charge in [-0.1, -0.05) is 18.7 Å². The van der Waals surface area contributed by atoms with Crippen molar-refractivity contribution in [1.29, 1.82) is 0 Å². The van der Waals surface area contributed by atoms with Gasteiger partial charge < -0.3 is 14.8 Å². The van der Waals surface area contributed by atoms with Crippen molar-refractivity contribution in [2.75, 3.05) is 19.5 Å². The minimum atomic E-state index is -0.496. The molecule has 176 valence electrons. The lowest BCUT2D eigenvalue weighted by atomic mass is 10.2. The van der Waals surface area contributed by atoms with Crippen molar-refractivity contribution in [1.82, 2.24) is 19.2 Å². The van der Waals surface area contributed by atoms with E-state index in [4.69, 9.17) is 9.47 Å². The standard InChI is InChI=1S/C23H22FN5O4S/c1-4-19(21(30)25-15-11-17(32-2)13-18(12-15)33-3)34-23-27-26-20-22(31)28(9-10-29(20)23)16-7-5-14(24)6-8-16/h5-13,19H,4H2,1-3H3,(H,25,30)/t19-/m1/s1. The number of fused-ring (bicyclic) bond motifs is 1. The number of thioether (sulfide) groups is 1. The van der Waals surface area contributed by atoms with Crippen LogP contribution in [-0.4, -0.2) is 44.5 Å². The first-order valence-electron chi connectivity index (χ1n) is 10.4. The second-order valence-corrected chi connectivity index (χ2v) is 8.40. The van der Waals surface area contributed by atoms with Gasteiger partial charge in [0.2, 0.25) is 11.6 Å². The number of halogens is 1. The van der Waals surface area contributed by atoms with Crippen molar-refractivity contribution in [3.8, 4) is 17.2 Å². The Balaban J connectivity index is 1.57. The molecule has 0 bridgehead atoms. The molecule has 0 aliphatic rings. The van der Waals surface area contributed by atoms with Crippen molar-refractivity contribution in [3.63, 3.8) is 0 Å². The number of nitrogens with zero attached hydrogens (tertiary/aromatic N) is 4. The van der Waals surface area contributed by atoms with Crippen molar-refractivity contribution < 1.29 is 18.7 Å². The van der Waals surface area contributed by atoms with Gasteiger partial charge in [0, 0.05) is 42.0 Å². The highest BCUT2D eigenvalue weighted by atomic mass is 32.2. The molecule has 0 spiro atoms. The maximum Gasteiger partial charge on any atom is 0.300 e. The largest absolute Gasteiger partial charge is 0.497 e. The molecule has 34 heavy (non-hydrogen) atoms. The molecular formula is C23H22FN5O4S. The third-order valence-electron chi connectivity index (χ3n) is 5.07. The van der Waals surface area contributed by atoms with Crippen LogP contribution in [0.15, 0.2) is 64.8 Å². The number of benzene rings is 2. The molecule has 2 heterocycles. The molecule has 0 radical (unpaired) electrons. The van der Waals surface area contributed by atoms with Gasteiger partial charge in [-0.3, -0.25) is 18.6 Å². The Hall–Kier alpha value is -3.86. The Morgan fingerprint density at radius 1 is 1.09 bits per heavy atom. The van der Waals surface area contributed by atoms with Crippen molar-refractivity contribution in [2.45, 2.75) is 23.8 Å². The first-order valence-corrected chi connectivity index (χ1v) is 11.2. The average Bonchev–Trinajstić information content (AvgIpc) is 3.26. The Morgan fingerprint density at radius 3 is 2.38 bits per heavy atom. The second kappa shape index (κ2) is 9.96. The van der Waals surface area contributed by atoms with Gasteiger partial charge >= 0.3 is 5.56 Å². The normalized spacial score (nSPS) is 11.9. The predicted molar refractivity (Wildman–Crippen MR) is 127 cm³/mol. The first-order chi connectivity index (χ1) is 16.4. The molecule has 1 amide bonds. The quantitative estimate of drug-likeness (QED) is 0.383. The van der Waals surface area contributed by atoms with Gasteiger partial charge in [-0.15, -0.1) is 10.2 Å². The lowest BCUT2D eigenvalue weighted by Crippen LogP contribution is -2.25. The molecule has 0 saturated carbocycles. The van der Waals surface area contributed by atoms with E-state index < -0.39 is 16.6 Å². The van der Waals surface area contributed by atoms with E-state index in [9.17, 15) is 14.0 Å². The van der Waals surface area contributed by atoms with Crippen LogP contribution in [0.4, 0.5) is 10.1 Å². The SMILES string of the molecule is CC[C@@H](Sc1nnc2c(=O)n(-c3ccc(F)cc3)ccn12)C(=O)Nc1cc(OC)cc(OC)c1. The fourth-order valence-electron chi connectivity index (χ4n) is 3.30. The van der Waals surface area contributed by atoms with E-state index in [1.165, 1.54) is 59.2 Å². The summed E-state index contributed by atoms with van der Waals surface area (Å²) in [5, 5.41) is 10.9. The van der Waals surface area contributed by atoms with Crippen LogP contribution in [0.2, 0.25) is 0 Å². The van der Waals surface area contributed by atoms with E-state index in [1.807, 2.05) is 6.92 Å². The summed E-state index contributed by atoms with van der Waals surface area (Å²) < 4.78 is 26.6. The molecule has 0 saturated heterocycles. The van der Waals surface area contributed by atoms with Gasteiger partial charge in [-0.2, -0.15) is 0 Å². The Kier molecular flexibility index (Phi) is 6.82. The third-order valence-corrected chi connectivity index (χ3v) is 6.40. The van der Waals surface area contributed by atoms with Gasteiger partial charge in [-0.05, 0) is 30.7 Å². The van der Waals surface area contributed by atoms with Gasteiger partial charge in [-0.25, -0.2) is 4.39 Å². The van der Waals surface area contributed by atoms with Gasteiger partial charge in [0.05, 0.1) is 19.5 Å². The molecule has 0 aliphatic heterocycles. The zero-order chi connectivity index (χ0) is 24.2. The van der Waals surface area contributed by atoms with Crippen LogP contribution in [0.25, 0.3) is 11.3 Å². The van der Waals surface area contributed by atoms with Crippen LogP contribution in [0.3, 0.4) is 0 Å². The Morgan fingerprint density at radius 2 is 1.76 bits per heavy atom. The van der Waals surface area contributed by atoms with Gasteiger partial charge in [0.1, 0.15) is 17.3 Å². The molecule has 0 aliphatic carbocycles. The van der Waals surface area contributed by atoms with E-state index in [0.717, 1.165) is 0 Å². The number of hydrogen-bond donors (Lipinski definition) is 1. The number of amides is 1. The van der Waals surface area contributed by atoms with Gasteiger partial charge in [0.25, 0.3) is 0 Å². The first kappa shape index (κ1) is 23.3. The number of ether oxygens (including phenoxy) is 2. The number of nitrogens with one attached hydrogen (secondary N) is 1. The number of hydrogen-bond acceptors (Lipinski definition) is 7. The number of carbonyl (C=O) groups is 1. The molecule has 0 unspecified atom stereocenters. The molecule has 4 rings (SSSR count). The summed E-state index contributed by atoms with van der Waals surface area (Å²) in [5.74, 6) is 0.474. The fraction of sp³-hybridized carbons (Fsp3) is 0.217. The van der Waals surface area contributed by atoms with Crippen molar-refractivity contribution in [3.05, 3.63) is 71.0 Å². The Labute approximate surface area is 198 Å². The summed E-state index contributed by atoms with van der Waals surface area (Å²) in [4.78, 5) is 25.9. The predicted octanol–water partition coefficient (Wildman–Crippen LogP) is 3.55. The molecule has 2 aromatic heterocycles. The lowest BCUT2D eigenvalue weighted by molar-refractivity contribution is -0.115. The molecule has 2 aromatic carbocycles. The van der Waals surface area contributed by atoms with Crippen LogP contribution in [0.5, 0.6) is 11.5 Å². The average molecular weight is 484 g/mol. The molecule has 11 heteroatoms. The smallest absolute Gasteiger partial charge is 0.300 e. The number of rotatable bonds is 8. The van der Waals surface area contributed by atoms with E-state index >= 15 is 0 Å². The number of aromatic nitrogens is 4. The summed E-state index contributed by atoms with van der Waals surface area (Å²) in [7, 11) is 3.07. The van der Waals surface area contributed by atoms with E-state index in [2.05, 4.69) is 15.5 Å². The summed E-state index contributed by atoms with van der Waals surface area (Å²) in [6.45, 7) is 1.88. The number of methoxy groups -OCH3 is 2. The number of anilines is 1. The maximum absolute atomic E-state index is 13.2. The topological polar surface area (TPSA) is 99.8 Å². The molecule has 4 aromatic rings. The van der Waals surface area contributed by atoms with Crippen LogP contribution >= 0.6 is 11.8 Å². The minimum Gasteiger partial charge on any atom is -0.497 e. The monoisotopic (exact) mass is 483 g/mol. The minimum absolute atomic E-state index is 0.0992. The van der Waals surface area contributed by atoms with E-state index in [-0.39, 0.29) is 11.6 Å². The molecule has 1 N–H and O–H groups in total. The summed E-state index contributed by atoms with van der Waals surface area (Å²) in [5.41, 5.74) is 0.732. The van der Waals surface area contributed by atoms with Crippen molar-refractivity contribution >= 4 is 29.0 Å². The zero-order valence-corrected chi connectivity index (χ0v) is 19.5. The van der Waals surface area contributed by atoms with Crippen LogP contribution in [0, 0.1) is 5.82 Å². The molecule has 0 fully saturated rings. The molecule has 1 atom stereocenters.